The van der Waals surface area contributed by atoms with Crippen molar-refractivity contribution in [2.75, 3.05) is 0 Å². The molecule has 0 aliphatic heterocycles. The average Bonchev–Trinajstić information content (AvgIpc) is 2.35. The number of nitrogens with zero attached hydrogens (tertiary/aromatic N) is 1. The molecule has 0 saturated heterocycles. The maximum Gasteiger partial charge on any atom is 0.234 e. The van der Waals surface area contributed by atoms with Crippen molar-refractivity contribution in [3.05, 3.63) is 34.9 Å². The van der Waals surface area contributed by atoms with Crippen LogP contribution >= 0.6 is 11.6 Å². The third kappa shape index (κ3) is 2.66. The van der Waals surface area contributed by atoms with Crippen LogP contribution in [0.2, 0.25) is 5.02 Å². The number of benzene rings is 1. The first-order chi connectivity index (χ1) is 9.08. The van der Waals surface area contributed by atoms with Crippen molar-refractivity contribution < 1.29 is 10.0 Å². The van der Waals surface area contributed by atoms with E-state index in [0.29, 0.717) is 24.4 Å². The molecule has 1 amide bonds. The van der Waals surface area contributed by atoms with Gasteiger partial charge in [0.15, 0.2) is 5.84 Å². The maximum atomic E-state index is 12.2. The summed E-state index contributed by atoms with van der Waals surface area (Å²) in [5, 5.41) is 15.2. The van der Waals surface area contributed by atoms with Crippen LogP contribution in [0.25, 0.3) is 0 Å². The van der Waals surface area contributed by atoms with Crippen LogP contribution in [0.5, 0.6) is 0 Å². The number of nitrogens with one attached hydrogen (secondary N) is 1. The zero-order chi connectivity index (χ0) is 13.9. The van der Waals surface area contributed by atoms with E-state index in [1.807, 2.05) is 12.1 Å². The first-order valence-corrected chi connectivity index (χ1v) is 6.47. The van der Waals surface area contributed by atoms with E-state index >= 15 is 0 Å². The van der Waals surface area contributed by atoms with Gasteiger partial charge >= 0.3 is 0 Å². The summed E-state index contributed by atoms with van der Waals surface area (Å²) < 4.78 is 0. The number of carbonyl (C=O) groups is 1. The van der Waals surface area contributed by atoms with Gasteiger partial charge < -0.3 is 16.3 Å². The molecule has 0 heterocycles. The van der Waals surface area contributed by atoms with Gasteiger partial charge in [-0.15, -0.1) is 0 Å². The molecule has 0 radical (unpaired) electrons. The lowest BCUT2D eigenvalue weighted by Crippen LogP contribution is -2.53. The fraction of sp³-hybridized carbons (Fsp3) is 0.385. The van der Waals surface area contributed by atoms with Gasteiger partial charge in [0.05, 0.1) is 0 Å². The van der Waals surface area contributed by atoms with Crippen LogP contribution < -0.4 is 11.1 Å². The fourth-order valence-corrected chi connectivity index (χ4v) is 2.44. The number of hydrogen-bond donors (Lipinski definition) is 3. The second kappa shape index (κ2) is 5.48. The summed E-state index contributed by atoms with van der Waals surface area (Å²) in [6.45, 7) is 0.375. The summed E-state index contributed by atoms with van der Waals surface area (Å²) in [7, 11) is 0. The second-order valence-electron chi connectivity index (χ2n) is 4.73. The molecule has 1 fully saturated rings. The highest BCUT2D eigenvalue weighted by Gasteiger charge is 2.48. The van der Waals surface area contributed by atoms with E-state index in [2.05, 4.69) is 10.5 Å². The van der Waals surface area contributed by atoms with Gasteiger partial charge in [0.2, 0.25) is 5.91 Å². The van der Waals surface area contributed by atoms with Crippen LogP contribution in [0, 0.1) is 5.41 Å². The summed E-state index contributed by atoms with van der Waals surface area (Å²) in [6, 6.07) is 7.27. The van der Waals surface area contributed by atoms with E-state index in [-0.39, 0.29) is 11.7 Å². The number of rotatable bonds is 4. The number of nitrogens with two attached hydrogens (primary N) is 1. The third-order valence-corrected chi connectivity index (χ3v) is 3.82. The molecule has 1 saturated carbocycles. The molecular formula is C13H16ClN3O2. The maximum absolute atomic E-state index is 12.2. The van der Waals surface area contributed by atoms with E-state index in [4.69, 9.17) is 22.5 Å². The Hall–Kier alpha value is -1.75. The van der Waals surface area contributed by atoms with Gasteiger partial charge in [-0.2, -0.15) is 0 Å². The van der Waals surface area contributed by atoms with Crippen molar-refractivity contribution in [3.63, 3.8) is 0 Å². The topological polar surface area (TPSA) is 87.7 Å². The molecule has 1 aliphatic carbocycles. The standard InChI is InChI=1S/C13H16ClN3O2/c14-10-4-1-3-9(7-10)8-16-12(18)13(5-2-6-13)11(15)17-19/h1,3-4,7,19H,2,5-6,8H2,(H2,15,17)(H,16,18). The largest absolute Gasteiger partial charge is 0.409 e. The number of amides is 1. The van der Waals surface area contributed by atoms with Gasteiger partial charge in [-0.1, -0.05) is 35.3 Å². The summed E-state index contributed by atoms with van der Waals surface area (Å²) in [5.74, 6) is -0.212. The summed E-state index contributed by atoms with van der Waals surface area (Å²) in [5.41, 5.74) is 5.70. The normalized spacial score (nSPS) is 17.6. The minimum atomic E-state index is -0.840. The fourth-order valence-electron chi connectivity index (χ4n) is 2.22. The Morgan fingerprint density at radius 3 is 2.79 bits per heavy atom. The Balaban J connectivity index is 2.01. The number of oxime groups is 1. The Morgan fingerprint density at radius 2 is 2.26 bits per heavy atom. The molecule has 4 N–H and O–H groups in total. The van der Waals surface area contributed by atoms with Crippen LogP contribution in [0.3, 0.4) is 0 Å². The second-order valence-corrected chi connectivity index (χ2v) is 5.17. The molecule has 0 aromatic heterocycles. The van der Waals surface area contributed by atoms with E-state index in [1.165, 1.54) is 0 Å². The summed E-state index contributed by atoms with van der Waals surface area (Å²) in [4.78, 5) is 12.2. The molecule has 0 atom stereocenters. The first-order valence-electron chi connectivity index (χ1n) is 6.09. The molecule has 1 aromatic carbocycles. The van der Waals surface area contributed by atoms with Crippen LogP contribution in [0.1, 0.15) is 24.8 Å². The smallest absolute Gasteiger partial charge is 0.234 e. The van der Waals surface area contributed by atoms with Crippen molar-refractivity contribution in [2.24, 2.45) is 16.3 Å². The van der Waals surface area contributed by atoms with Gasteiger partial charge in [-0.05, 0) is 30.5 Å². The molecule has 5 nitrogen and oxygen atoms in total. The highest BCUT2D eigenvalue weighted by Crippen LogP contribution is 2.41. The summed E-state index contributed by atoms with van der Waals surface area (Å²) in [6.07, 6.45) is 2.13. The van der Waals surface area contributed by atoms with Crippen molar-refractivity contribution in [1.29, 1.82) is 0 Å². The van der Waals surface area contributed by atoms with E-state index < -0.39 is 5.41 Å². The van der Waals surface area contributed by atoms with Gasteiger partial charge in [-0.25, -0.2) is 0 Å². The van der Waals surface area contributed by atoms with Crippen molar-refractivity contribution in [2.45, 2.75) is 25.8 Å². The number of amidine groups is 1. The lowest BCUT2D eigenvalue weighted by Gasteiger charge is -2.38. The minimum Gasteiger partial charge on any atom is -0.409 e. The van der Waals surface area contributed by atoms with Crippen molar-refractivity contribution in [3.8, 4) is 0 Å². The monoisotopic (exact) mass is 281 g/mol. The minimum absolute atomic E-state index is 0.0117. The van der Waals surface area contributed by atoms with E-state index in [1.54, 1.807) is 12.1 Å². The van der Waals surface area contributed by atoms with Crippen molar-refractivity contribution in [1.82, 2.24) is 5.32 Å². The number of carbonyl (C=O) groups excluding carboxylic acids is 1. The van der Waals surface area contributed by atoms with Crippen molar-refractivity contribution >= 4 is 23.3 Å². The zero-order valence-electron chi connectivity index (χ0n) is 10.4. The van der Waals surface area contributed by atoms with Gasteiger partial charge in [0.1, 0.15) is 5.41 Å². The first kappa shape index (κ1) is 13.7. The Kier molecular flexibility index (Phi) is 3.95. The van der Waals surface area contributed by atoms with Crippen LogP contribution in [0.15, 0.2) is 29.4 Å². The SMILES string of the molecule is N/C(=N/O)C1(C(=O)NCc2cccc(Cl)c2)CCC1. The molecule has 19 heavy (non-hydrogen) atoms. The average molecular weight is 282 g/mol. The molecule has 102 valence electrons. The molecule has 0 spiro atoms. The molecule has 2 rings (SSSR count). The highest BCUT2D eigenvalue weighted by atomic mass is 35.5. The van der Waals surface area contributed by atoms with Gasteiger partial charge in [0.25, 0.3) is 0 Å². The Bertz CT molecular complexity index is 512. The van der Waals surface area contributed by atoms with Gasteiger partial charge in [0, 0.05) is 11.6 Å². The molecule has 1 aliphatic rings. The molecular weight excluding hydrogens is 266 g/mol. The zero-order valence-corrected chi connectivity index (χ0v) is 11.2. The lowest BCUT2D eigenvalue weighted by molar-refractivity contribution is -0.131. The van der Waals surface area contributed by atoms with E-state index in [9.17, 15) is 4.79 Å². The lowest BCUT2D eigenvalue weighted by atomic mass is 9.67. The molecule has 1 aromatic rings. The highest BCUT2D eigenvalue weighted by molar-refractivity contribution is 6.30. The molecule has 0 bridgehead atoms. The quantitative estimate of drug-likeness (QED) is 0.341. The van der Waals surface area contributed by atoms with Gasteiger partial charge in [-0.3, -0.25) is 4.79 Å². The predicted molar refractivity (Wildman–Crippen MR) is 73.0 cm³/mol. The summed E-state index contributed by atoms with van der Waals surface area (Å²) >= 11 is 5.88. The predicted octanol–water partition coefficient (Wildman–Crippen LogP) is 1.87. The number of halogens is 1. The van der Waals surface area contributed by atoms with Crippen LogP contribution in [0.4, 0.5) is 0 Å². The van der Waals surface area contributed by atoms with Crippen LogP contribution in [-0.2, 0) is 11.3 Å². The van der Waals surface area contributed by atoms with Crippen LogP contribution in [-0.4, -0.2) is 17.0 Å². The third-order valence-electron chi connectivity index (χ3n) is 3.58. The Morgan fingerprint density at radius 1 is 1.53 bits per heavy atom. The Labute approximate surface area is 116 Å². The molecule has 6 heteroatoms. The van der Waals surface area contributed by atoms with E-state index in [0.717, 1.165) is 12.0 Å². The molecule has 0 unspecified atom stereocenters. The number of hydrogen-bond acceptors (Lipinski definition) is 3.